The van der Waals surface area contributed by atoms with E-state index >= 15 is 0 Å². The van der Waals surface area contributed by atoms with Crippen molar-refractivity contribution in [2.45, 2.75) is 12.5 Å². The maximum absolute atomic E-state index is 13.0. The molecule has 0 saturated carbocycles. The molecule has 1 N–H and O–H groups in total. The molecule has 2 aliphatic heterocycles. The van der Waals surface area contributed by atoms with Gasteiger partial charge in [-0.25, -0.2) is 4.79 Å². The van der Waals surface area contributed by atoms with Gasteiger partial charge in [0.05, 0.1) is 4.92 Å². The van der Waals surface area contributed by atoms with Crippen molar-refractivity contribution < 1.29 is 19.3 Å². The zero-order valence-corrected chi connectivity index (χ0v) is 18.6. The van der Waals surface area contributed by atoms with Crippen LogP contribution in [-0.4, -0.2) is 65.3 Å². The molecule has 0 aromatic heterocycles. The molecule has 2 aromatic carbocycles. The number of nitrogens with one attached hydrogen (secondary N) is 1. The molecule has 0 aliphatic carbocycles. The van der Waals surface area contributed by atoms with E-state index in [1.54, 1.807) is 54.3 Å². The number of hydrogen-bond donors (Lipinski definition) is 1. The number of imide groups is 1. The minimum absolute atomic E-state index is 0.0121. The number of carbonyl (C=O) groups excluding carboxylic acids is 3. The number of nitro benzene ring substituents is 1. The quantitative estimate of drug-likeness (QED) is 0.406. The van der Waals surface area contributed by atoms with Gasteiger partial charge in [-0.3, -0.25) is 24.6 Å². The fraction of sp³-hybridized carbons (Fsp3) is 0.318. The third-order valence-electron chi connectivity index (χ3n) is 6.04. The van der Waals surface area contributed by atoms with Crippen LogP contribution in [0, 0.1) is 10.1 Å². The number of carbonyl (C=O) groups is 3. The van der Waals surface area contributed by atoms with Crippen molar-refractivity contribution in [3.05, 3.63) is 69.2 Å². The highest BCUT2D eigenvalue weighted by Gasteiger charge is 2.49. The van der Waals surface area contributed by atoms with E-state index in [2.05, 4.69) is 5.32 Å². The van der Waals surface area contributed by atoms with Crippen LogP contribution >= 0.6 is 11.6 Å². The van der Waals surface area contributed by atoms with Crippen LogP contribution in [-0.2, 0) is 15.1 Å². The van der Waals surface area contributed by atoms with Crippen molar-refractivity contribution in [1.82, 2.24) is 15.1 Å². The third-order valence-corrected chi connectivity index (χ3v) is 6.29. The van der Waals surface area contributed by atoms with Gasteiger partial charge in [-0.05, 0) is 30.7 Å². The van der Waals surface area contributed by atoms with Gasteiger partial charge in [-0.15, -0.1) is 0 Å². The van der Waals surface area contributed by atoms with Crippen molar-refractivity contribution in [3.8, 4) is 0 Å². The summed E-state index contributed by atoms with van der Waals surface area (Å²) < 4.78 is 0. The Morgan fingerprint density at radius 3 is 2.36 bits per heavy atom. The molecule has 2 aromatic rings. The molecule has 33 heavy (non-hydrogen) atoms. The highest BCUT2D eigenvalue weighted by molar-refractivity contribution is 6.30. The number of amides is 4. The number of nitrogens with zero attached hydrogens (tertiary/aromatic N) is 4. The van der Waals surface area contributed by atoms with Crippen LogP contribution in [0.25, 0.3) is 0 Å². The van der Waals surface area contributed by atoms with Crippen LogP contribution in [0.4, 0.5) is 16.2 Å². The Morgan fingerprint density at radius 1 is 1.09 bits per heavy atom. The first kappa shape index (κ1) is 22.5. The molecule has 11 heteroatoms. The van der Waals surface area contributed by atoms with Gasteiger partial charge in [0.1, 0.15) is 17.8 Å². The lowest BCUT2D eigenvalue weighted by Crippen LogP contribution is -2.52. The summed E-state index contributed by atoms with van der Waals surface area (Å²) in [5.41, 5.74) is -0.203. The van der Waals surface area contributed by atoms with Crippen molar-refractivity contribution in [3.63, 3.8) is 0 Å². The number of halogens is 1. The van der Waals surface area contributed by atoms with E-state index in [1.165, 1.54) is 6.07 Å². The Morgan fingerprint density at radius 2 is 1.73 bits per heavy atom. The average molecular weight is 472 g/mol. The fourth-order valence-electron chi connectivity index (χ4n) is 4.14. The minimum Gasteiger partial charge on any atom is -0.362 e. The number of benzene rings is 2. The predicted octanol–water partition coefficient (Wildman–Crippen LogP) is 2.36. The first-order valence-corrected chi connectivity index (χ1v) is 10.7. The molecule has 2 aliphatic rings. The highest BCUT2D eigenvalue weighted by Crippen LogP contribution is 2.30. The van der Waals surface area contributed by atoms with Gasteiger partial charge in [-0.2, -0.15) is 0 Å². The number of para-hydroxylation sites is 2. The second-order valence-electron chi connectivity index (χ2n) is 8.07. The molecule has 0 spiro atoms. The van der Waals surface area contributed by atoms with Crippen molar-refractivity contribution in [2.75, 3.05) is 37.6 Å². The third kappa shape index (κ3) is 4.21. The molecule has 0 bridgehead atoms. The van der Waals surface area contributed by atoms with E-state index in [1.807, 2.05) is 4.90 Å². The summed E-state index contributed by atoms with van der Waals surface area (Å²) in [5.74, 6) is -0.872. The molecule has 2 fully saturated rings. The van der Waals surface area contributed by atoms with Crippen molar-refractivity contribution in [1.29, 1.82) is 0 Å². The molecule has 1 atom stereocenters. The van der Waals surface area contributed by atoms with Crippen molar-refractivity contribution >= 4 is 40.8 Å². The van der Waals surface area contributed by atoms with Crippen LogP contribution in [0.1, 0.15) is 12.5 Å². The Labute approximate surface area is 194 Å². The van der Waals surface area contributed by atoms with Gasteiger partial charge in [0.2, 0.25) is 5.91 Å². The molecule has 172 valence electrons. The lowest BCUT2D eigenvalue weighted by atomic mass is 9.92. The molecule has 2 saturated heterocycles. The van der Waals surface area contributed by atoms with Gasteiger partial charge in [0.15, 0.2) is 0 Å². The van der Waals surface area contributed by atoms with E-state index in [0.717, 1.165) is 4.90 Å². The molecule has 0 unspecified atom stereocenters. The van der Waals surface area contributed by atoms with Crippen LogP contribution in [0.3, 0.4) is 0 Å². The Hall–Kier alpha value is -3.66. The molecule has 4 amide bonds. The summed E-state index contributed by atoms with van der Waals surface area (Å²) in [7, 11) is 0. The maximum Gasteiger partial charge on any atom is 0.325 e. The average Bonchev–Trinajstić information content (AvgIpc) is 3.03. The Balaban J connectivity index is 1.40. The molecule has 10 nitrogen and oxygen atoms in total. The number of nitro groups is 1. The lowest BCUT2D eigenvalue weighted by Gasteiger charge is -2.36. The Kier molecular flexibility index (Phi) is 5.94. The zero-order chi connectivity index (χ0) is 23.8. The number of piperazine rings is 1. The monoisotopic (exact) mass is 471 g/mol. The second-order valence-corrected chi connectivity index (χ2v) is 8.50. The maximum atomic E-state index is 13.0. The summed E-state index contributed by atoms with van der Waals surface area (Å²) >= 11 is 5.92. The SMILES string of the molecule is C[C@@]1(c2ccc(Cl)cc2)NC(=O)N(CC(=O)N2CCN(c3ccccc3[N+](=O)[O-])CC2)C1=O. The summed E-state index contributed by atoms with van der Waals surface area (Å²) in [4.78, 5) is 53.6. The highest BCUT2D eigenvalue weighted by atomic mass is 35.5. The molecule has 0 radical (unpaired) electrons. The van der Waals surface area contributed by atoms with Gasteiger partial charge in [-0.1, -0.05) is 35.9 Å². The van der Waals surface area contributed by atoms with E-state index in [0.29, 0.717) is 42.5 Å². The molecule has 2 heterocycles. The van der Waals surface area contributed by atoms with Gasteiger partial charge < -0.3 is 15.1 Å². The fourth-order valence-corrected chi connectivity index (χ4v) is 4.26. The molecule has 4 rings (SSSR count). The standard InChI is InChI=1S/C22H22ClN5O5/c1-22(15-6-8-16(23)9-7-15)20(30)27(21(31)24-22)14-19(29)26-12-10-25(11-13-26)17-4-2-3-5-18(17)28(32)33/h2-9H,10-14H2,1H3,(H,24,31)/t22-/m0/s1. The summed E-state index contributed by atoms with van der Waals surface area (Å²) in [5, 5.41) is 14.5. The number of anilines is 1. The van der Waals surface area contributed by atoms with Crippen LogP contribution in [0.5, 0.6) is 0 Å². The summed E-state index contributed by atoms with van der Waals surface area (Å²) in [6.45, 7) is 2.66. The minimum atomic E-state index is -1.28. The van der Waals surface area contributed by atoms with Crippen LogP contribution < -0.4 is 10.2 Å². The van der Waals surface area contributed by atoms with Crippen LogP contribution in [0.15, 0.2) is 48.5 Å². The summed E-state index contributed by atoms with van der Waals surface area (Å²) in [6, 6.07) is 12.4. The van der Waals surface area contributed by atoms with Gasteiger partial charge >= 0.3 is 6.03 Å². The Bertz CT molecular complexity index is 1120. The molecular formula is C22H22ClN5O5. The smallest absolute Gasteiger partial charge is 0.325 e. The van der Waals surface area contributed by atoms with E-state index in [9.17, 15) is 24.5 Å². The number of rotatable bonds is 5. The van der Waals surface area contributed by atoms with E-state index in [-0.39, 0.29) is 18.1 Å². The lowest BCUT2D eigenvalue weighted by molar-refractivity contribution is -0.384. The van der Waals surface area contributed by atoms with Crippen LogP contribution in [0.2, 0.25) is 5.02 Å². The largest absolute Gasteiger partial charge is 0.362 e. The predicted molar refractivity (Wildman–Crippen MR) is 121 cm³/mol. The van der Waals surface area contributed by atoms with Gasteiger partial charge in [0, 0.05) is 37.3 Å². The van der Waals surface area contributed by atoms with Gasteiger partial charge in [0.25, 0.3) is 11.6 Å². The first-order valence-electron chi connectivity index (χ1n) is 10.4. The molecular weight excluding hydrogens is 450 g/mol. The van der Waals surface area contributed by atoms with E-state index < -0.39 is 22.4 Å². The van der Waals surface area contributed by atoms with E-state index in [4.69, 9.17) is 11.6 Å². The normalized spacial score (nSPS) is 20.7. The first-order chi connectivity index (χ1) is 15.7. The zero-order valence-electron chi connectivity index (χ0n) is 17.9. The number of urea groups is 1. The van der Waals surface area contributed by atoms with Crippen molar-refractivity contribution in [2.24, 2.45) is 0 Å². The topological polar surface area (TPSA) is 116 Å². The second kappa shape index (κ2) is 8.70. The number of hydrogen-bond acceptors (Lipinski definition) is 6. The summed E-state index contributed by atoms with van der Waals surface area (Å²) in [6.07, 6.45) is 0.